The molecule has 1 fully saturated rings. The van der Waals surface area contributed by atoms with Crippen molar-refractivity contribution in [1.29, 1.82) is 0 Å². The molecular weight excluding hydrogens is 226 g/mol. The molecule has 1 aromatic rings. The number of aliphatic hydroxyl groups is 1. The molecule has 1 aliphatic heterocycles. The molecule has 1 atom stereocenters. The Hall–Kier alpha value is -0.970. The minimum absolute atomic E-state index is 0.255. The molecule has 2 rings (SSSR count). The molecule has 0 aromatic carbocycles. The zero-order chi connectivity index (χ0) is 12.8. The molecule has 3 N–H and O–H groups in total. The molecule has 2 heterocycles. The summed E-state index contributed by atoms with van der Waals surface area (Å²) in [6.07, 6.45) is 4.15. The summed E-state index contributed by atoms with van der Waals surface area (Å²) in [5, 5.41) is 8.95. The van der Waals surface area contributed by atoms with Crippen molar-refractivity contribution < 1.29 is 5.11 Å². The van der Waals surface area contributed by atoms with Crippen LogP contribution in [-0.4, -0.2) is 47.8 Å². The van der Waals surface area contributed by atoms with E-state index in [1.165, 1.54) is 0 Å². The Morgan fingerprint density at radius 1 is 1.39 bits per heavy atom. The van der Waals surface area contributed by atoms with Gasteiger partial charge >= 0.3 is 0 Å². The summed E-state index contributed by atoms with van der Waals surface area (Å²) in [5.74, 6) is 1.00. The lowest BCUT2D eigenvalue weighted by Gasteiger charge is -2.35. The monoisotopic (exact) mass is 249 g/mol. The molecule has 0 aliphatic carbocycles. The van der Waals surface area contributed by atoms with Gasteiger partial charge in [-0.25, -0.2) is 0 Å². The van der Waals surface area contributed by atoms with E-state index in [-0.39, 0.29) is 6.61 Å². The third-order valence-electron chi connectivity index (χ3n) is 3.94. The number of pyridine rings is 1. The zero-order valence-electron chi connectivity index (χ0n) is 10.8. The second kappa shape index (κ2) is 6.83. The lowest BCUT2D eigenvalue weighted by Crippen LogP contribution is -2.38. The fraction of sp³-hybridized carbons (Fsp3) is 0.643. The molecule has 100 valence electrons. The number of rotatable bonds is 5. The topological polar surface area (TPSA) is 62.4 Å². The van der Waals surface area contributed by atoms with Crippen molar-refractivity contribution in [2.75, 3.05) is 32.8 Å². The van der Waals surface area contributed by atoms with Crippen LogP contribution in [0.2, 0.25) is 0 Å². The van der Waals surface area contributed by atoms with Crippen molar-refractivity contribution in [3.8, 4) is 0 Å². The molecule has 1 aliphatic rings. The molecule has 18 heavy (non-hydrogen) atoms. The van der Waals surface area contributed by atoms with Crippen LogP contribution in [-0.2, 0) is 0 Å². The van der Waals surface area contributed by atoms with Crippen LogP contribution in [0.25, 0.3) is 0 Å². The zero-order valence-corrected chi connectivity index (χ0v) is 10.8. The number of nitrogens with two attached hydrogens (primary N) is 1. The number of piperidine rings is 1. The van der Waals surface area contributed by atoms with Gasteiger partial charge in [0.1, 0.15) is 0 Å². The maximum Gasteiger partial charge on any atom is 0.0558 e. The summed E-state index contributed by atoms with van der Waals surface area (Å²) >= 11 is 0. The summed E-state index contributed by atoms with van der Waals surface area (Å²) in [7, 11) is 0. The van der Waals surface area contributed by atoms with Gasteiger partial charge in [-0.05, 0) is 44.0 Å². The maximum atomic E-state index is 8.95. The Morgan fingerprint density at radius 3 is 2.72 bits per heavy atom. The van der Waals surface area contributed by atoms with E-state index in [1.54, 1.807) is 0 Å². The van der Waals surface area contributed by atoms with Crippen molar-refractivity contribution >= 4 is 0 Å². The van der Waals surface area contributed by atoms with E-state index in [1.807, 2.05) is 18.3 Å². The summed E-state index contributed by atoms with van der Waals surface area (Å²) in [5.41, 5.74) is 7.06. The largest absolute Gasteiger partial charge is 0.395 e. The summed E-state index contributed by atoms with van der Waals surface area (Å²) in [6.45, 7) is 3.85. The predicted octanol–water partition coefficient (Wildman–Crippen LogP) is 0.828. The highest BCUT2D eigenvalue weighted by Crippen LogP contribution is 2.30. The SMILES string of the molecule is NCC(c1ccccn1)C1CCN(CCO)CC1. The van der Waals surface area contributed by atoms with Crippen LogP contribution in [0.15, 0.2) is 24.4 Å². The predicted molar refractivity (Wildman–Crippen MR) is 72.3 cm³/mol. The second-order valence-corrected chi connectivity index (χ2v) is 5.00. The Bertz CT molecular complexity index is 336. The Balaban J connectivity index is 1.95. The van der Waals surface area contributed by atoms with E-state index in [0.717, 1.165) is 38.2 Å². The molecule has 0 radical (unpaired) electrons. The third kappa shape index (κ3) is 3.28. The summed E-state index contributed by atoms with van der Waals surface area (Å²) in [6, 6.07) is 6.06. The average molecular weight is 249 g/mol. The lowest BCUT2D eigenvalue weighted by atomic mass is 9.82. The molecule has 0 saturated carbocycles. The van der Waals surface area contributed by atoms with E-state index in [9.17, 15) is 0 Å². The maximum absolute atomic E-state index is 8.95. The van der Waals surface area contributed by atoms with E-state index >= 15 is 0 Å². The quantitative estimate of drug-likeness (QED) is 0.811. The molecule has 0 amide bonds. The second-order valence-electron chi connectivity index (χ2n) is 5.00. The van der Waals surface area contributed by atoms with Crippen LogP contribution in [0.1, 0.15) is 24.5 Å². The summed E-state index contributed by atoms with van der Waals surface area (Å²) < 4.78 is 0. The number of β-amino-alcohol motifs (C(OH)–C–C–N with tert-alkyl or cyclic N) is 1. The van der Waals surface area contributed by atoms with Crippen molar-refractivity contribution in [2.45, 2.75) is 18.8 Å². The molecule has 0 bridgehead atoms. The van der Waals surface area contributed by atoms with Gasteiger partial charge < -0.3 is 15.7 Å². The van der Waals surface area contributed by atoms with Crippen LogP contribution in [0.4, 0.5) is 0 Å². The lowest BCUT2D eigenvalue weighted by molar-refractivity contribution is 0.138. The molecule has 1 aromatic heterocycles. The van der Waals surface area contributed by atoms with Crippen molar-refractivity contribution in [2.24, 2.45) is 11.7 Å². The van der Waals surface area contributed by atoms with Gasteiger partial charge in [0.05, 0.1) is 6.61 Å². The number of hydrogen-bond donors (Lipinski definition) is 2. The highest BCUT2D eigenvalue weighted by atomic mass is 16.3. The number of likely N-dealkylation sites (tertiary alicyclic amines) is 1. The smallest absolute Gasteiger partial charge is 0.0558 e. The number of nitrogens with zero attached hydrogens (tertiary/aromatic N) is 2. The Kier molecular flexibility index (Phi) is 5.11. The van der Waals surface area contributed by atoms with Gasteiger partial charge in [-0.15, -0.1) is 0 Å². The fourth-order valence-corrected chi connectivity index (χ4v) is 2.87. The minimum atomic E-state index is 0.255. The first-order valence-corrected chi connectivity index (χ1v) is 6.79. The van der Waals surface area contributed by atoms with Gasteiger partial charge in [-0.3, -0.25) is 4.98 Å². The molecule has 4 nitrogen and oxygen atoms in total. The minimum Gasteiger partial charge on any atom is -0.395 e. The van der Waals surface area contributed by atoms with Crippen molar-refractivity contribution in [3.63, 3.8) is 0 Å². The van der Waals surface area contributed by atoms with Crippen LogP contribution in [0.3, 0.4) is 0 Å². The van der Waals surface area contributed by atoms with E-state index < -0.39 is 0 Å². The van der Waals surface area contributed by atoms with Gasteiger partial charge in [-0.1, -0.05) is 6.07 Å². The first-order valence-electron chi connectivity index (χ1n) is 6.79. The van der Waals surface area contributed by atoms with Crippen LogP contribution >= 0.6 is 0 Å². The standard InChI is InChI=1S/C14H23N3O/c15-11-13(14-3-1-2-6-16-14)12-4-7-17(8-5-12)9-10-18/h1-3,6,12-13,18H,4-5,7-11,15H2. The van der Waals surface area contributed by atoms with E-state index in [4.69, 9.17) is 10.8 Å². The highest BCUT2D eigenvalue weighted by molar-refractivity contribution is 5.11. The van der Waals surface area contributed by atoms with Gasteiger partial charge in [-0.2, -0.15) is 0 Å². The molecule has 0 spiro atoms. The van der Waals surface area contributed by atoms with Crippen LogP contribution in [0, 0.1) is 5.92 Å². The van der Waals surface area contributed by atoms with Crippen molar-refractivity contribution in [3.05, 3.63) is 30.1 Å². The number of hydrogen-bond acceptors (Lipinski definition) is 4. The fourth-order valence-electron chi connectivity index (χ4n) is 2.87. The normalized spacial score (nSPS) is 19.9. The third-order valence-corrected chi connectivity index (χ3v) is 3.94. The number of aliphatic hydroxyl groups excluding tert-OH is 1. The Labute approximate surface area is 109 Å². The van der Waals surface area contributed by atoms with Gasteiger partial charge in [0.2, 0.25) is 0 Å². The molecule has 1 unspecified atom stereocenters. The van der Waals surface area contributed by atoms with Crippen LogP contribution in [0.5, 0.6) is 0 Å². The summed E-state index contributed by atoms with van der Waals surface area (Å²) in [4.78, 5) is 6.77. The van der Waals surface area contributed by atoms with E-state index in [0.29, 0.717) is 18.4 Å². The first kappa shape index (κ1) is 13.5. The van der Waals surface area contributed by atoms with Gasteiger partial charge in [0, 0.05) is 30.9 Å². The molecular formula is C14H23N3O. The highest BCUT2D eigenvalue weighted by Gasteiger charge is 2.27. The Morgan fingerprint density at radius 2 is 2.17 bits per heavy atom. The first-order chi connectivity index (χ1) is 8.85. The van der Waals surface area contributed by atoms with Gasteiger partial charge in [0.25, 0.3) is 0 Å². The van der Waals surface area contributed by atoms with Gasteiger partial charge in [0.15, 0.2) is 0 Å². The average Bonchev–Trinajstić information content (AvgIpc) is 2.43. The molecule has 4 heteroatoms. The van der Waals surface area contributed by atoms with Crippen molar-refractivity contribution in [1.82, 2.24) is 9.88 Å². The molecule has 1 saturated heterocycles. The van der Waals surface area contributed by atoms with Crippen LogP contribution < -0.4 is 5.73 Å². The van der Waals surface area contributed by atoms with E-state index in [2.05, 4.69) is 16.0 Å². The number of aromatic nitrogens is 1.